The Hall–Kier alpha value is -2.37. The van der Waals surface area contributed by atoms with E-state index in [1.807, 2.05) is 0 Å². The van der Waals surface area contributed by atoms with E-state index in [-0.39, 0.29) is 5.69 Å². The van der Waals surface area contributed by atoms with Crippen molar-refractivity contribution in [2.45, 2.75) is 0 Å². The van der Waals surface area contributed by atoms with E-state index < -0.39 is 4.92 Å². The van der Waals surface area contributed by atoms with Gasteiger partial charge in [0.2, 0.25) is 0 Å². The predicted molar refractivity (Wildman–Crippen MR) is 85.8 cm³/mol. The molecule has 0 amide bonds. The van der Waals surface area contributed by atoms with E-state index in [2.05, 4.69) is 4.98 Å². The standard InChI is InChI=1S/C15H8Cl2N2O3/c16-8-1-3-13(17)11(5-8)15-12(7-20)10-6-9(19(21)22)2-4-14(10)18-15/h1-7,18H. The molecule has 0 saturated heterocycles. The lowest BCUT2D eigenvalue weighted by atomic mass is 10.1. The van der Waals surface area contributed by atoms with Gasteiger partial charge in [0.25, 0.3) is 5.69 Å². The first-order valence-electron chi connectivity index (χ1n) is 6.22. The molecule has 0 bridgehead atoms. The summed E-state index contributed by atoms with van der Waals surface area (Å²) in [6.07, 6.45) is 0.648. The van der Waals surface area contributed by atoms with Gasteiger partial charge in [0.15, 0.2) is 6.29 Å². The van der Waals surface area contributed by atoms with Crippen LogP contribution in [0.1, 0.15) is 10.4 Å². The van der Waals surface area contributed by atoms with Crippen LogP contribution in [0.5, 0.6) is 0 Å². The van der Waals surface area contributed by atoms with E-state index in [4.69, 9.17) is 23.2 Å². The van der Waals surface area contributed by atoms with Gasteiger partial charge in [0.1, 0.15) is 0 Å². The highest BCUT2D eigenvalue weighted by Gasteiger charge is 2.17. The molecule has 7 heteroatoms. The molecule has 5 nitrogen and oxygen atoms in total. The molecule has 1 aromatic heterocycles. The molecule has 22 heavy (non-hydrogen) atoms. The average Bonchev–Trinajstić information content (AvgIpc) is 2.86. The van der Waals surface area contributed by atoms with Gasteiger partial charge in [0, 0.05) is 39.2 Å². The topological polar surface area (TPSA) is 76.0 Å². The fourth-order valence-electron chi connectivity index (χ4n) is 2.34. The SMILES string of the molecule is O=Cc1c(-c2cc(Cl)ccc2Cl)[nH]c2ccc([N+](=O)[O-])cc12. The number of hydrogen-bond donors (Lipinski definition) is 1. The Kier molecular flexibility index (Phi) is 3.60. The Morgan fingerprint density at radius 2 is 1.91 bits per heavy atom. The number of aromatic nitrogens is 1. The molecule has 0 unspecified atom stereocenters. The second kappa shape index (κ2) is 5.44. The van der Waals surface area contributed by atoms with Gasteiger partial charge in [-0.2, -0.15) is 0 Å². The minimum atomic E-state index is -0.507. The van der Waals surface area contributed by atoms with Crippen molar-refractivity contribution in [1.29, 1.82) is 0 Å². The fraction of sp³-hybridized carbons (Fsp3) is 0. The second-order valence-electron chi connectivity index (χ2n) is 4.64. The molecule has 0 fully saturated rings. The zero-order valence-electron chi connectivity index (χ0n) is 11.0. The van der Waals surface area contributed by atoms with Gasteiger partial charge < -0.3 is 4.98 Å². The third-order valence-electron chi connectivity index (χ3n) is 3.35. The normalized spacial score (nSPS) is 10.8. The highest BCUT2D eigenvalue weighted by molar-refractivity contribution is 6.35. The predicted octanol–water partition coefficient (Wildman–Crippen LogP) is 4.86. The summed E-state index contributed by atoms with van der Waals surface area (Å²) in [4.78, 5) is 24.9. The number of H-pyrrole nitrogens is 1. The summed E-state index contributed by atoms with van der Waals surface area (Å²) in [5.74, 6) is 0. The third-order valence-corrected chi connectivity index (χ3v) is 3.91. The van der Waals surface area contributed by atoms with Crippen molar-refractivity contribution in [3.8, 4) is 11.3 Å². The van der Waals surface area contributed by atoms with Gasteiger partial charge in [-0.1, -0.05) is 23.2 Å². The molecule has 2 aromatic carbocycles. The fourth-order valence-corrected chi connectivity index (χ4v) is 2.72. The quantitative estimate of drug-likeness (QED) is 0.422. The van der Waals surface area contributed by atoms with Crippen molar-refractivity contribution in [3.63, 3.8) is 0 Å². The van der Waals surface area contributed by atoms with Gasteiger partial charge >= 0.3 is 0 Å². The molecule has 0 saturated carbocycles. The van der Waals surface area contributed by atoms with E-state index in [1.165, 1.54) is 12.1 Å². The van der Waals surface area contributed by atoms with E-state index in [0.29, 0.717) is 44.1 Å². The van der Waals surface area contributed by atoms with Crippen LogP contribution in [0.3, 0.4) is 0 Å². The van der Waals surface area contributed by atoms with Gasteiger partial charge in [-0.3, -0.25) is 14.9 Å². The molecule has 110 valence electrons. The number of nitrogens with one attached hydrogen (secondary N) is 1. The number of non-ortho nitro benzene ring substituents is 1. The number of carbonyl (C=O) groups is 1. The number of aromatic amines is 1. The lowest BCUT2D eigenvalue weighted by Crippen LogP contribution is -1.88. The maximum absolute atomic E-state index is 11.5. The number of halogens is 2. The molecule has 3 rings (SSSR count). The van der Waals surface area contributed by atoms with Crippen molar-refractivity contribution in [3.05, 3.63) is 62.1 Å². The van der Waals surface area contributed by atoms with E-state index in [1.54, 1.807) is 24.3 Å². The summed E-state index contributed by atoms with van der Waals surface area (Å²) in [7, 11) is 0. The minimum Gasteiger partial charge on any atom is -0.354 e. The summed E-state index contributed by atoms with van der Waals surface area (Å²) in [6.45, 7) is 0. The van der Waals surface area contributed by atoms with E-state index in [0.717, 1.165) is 0 Å². The van der Waals surface area contributed by atoms with Crippen LogP contribution in [-0.2, 0) is 0 Å². The number of nitro groups is 1. The molecule has 0 aliphatic carbocycles. The van der Waals surface area contributed by atoms with Crippen molar-refractivity contribution in [2.75, 3.05) is 0 Å². The molecule has 0 radical (unpaired) electrons. The lowest BCUT2D eigenvalue weighted by molar-refractivity contribution is -0.384. The average molecular weight is 335 g/mol. The van der Waals surface area contributed by atoms with Crippen LogP contribution < -0.4 is 0 Å². The molecule has 1 heterocycles. The Balaban J connectivity index is 2.33. The highest BCUT2D eigenvalue weighted by atomic mass is 35.5. The zero-order chi connectivity index (χ0) is 15.9. The summed E-state index contributed by atoms with van der Waals surface area (Å²) in [5, 5.41) is 12.3. The number of nitro benzene ring substituents is 1. The monoisotopic (exact) mass is 334 g/mol. The van der Waals surface area contributed by atoms with Crippen molar-refractivity contribution < 1.29 is 9.72 Å². The smallest absolute Gasteiger partial charge is 0.270 e. The largest absolute Gasteiger partial charge is 0.354 e. The van der Waals surface area contributed by atoms with Crippen LogP contribution >= 0.6 is 23.2 Å². The van der Waals surface area contributed by atoms with E-state index in [9.17, 15) is 14.9 Å². The van der Waals surface area contributed by atoms with Crippen molar-refractivity contribution in [2.24, 2.45) is 0 Å². The van der Waals surface area contributed by atoms with Crippen LogP contribution in [0, 0.1) is 10.1 Å². The van der Waals surface area contributed by atoms with Gasteiger partial charge in [-0.05, 0) is 24.3 Å². The molecular formula is C15H8Cl2N2O3. The maximum Gasteiger partial charge on any atom is 0.270 e. The molecule has 0 atom stereocenters. The number of carbonyl (C=O) groups excluding carboxylic acids is 1. The first kappa shape index (κ1) is 14.6. The third kappa shape index (κ3) is 2.34. The summed E-state index contributed by atoms with van der Waals surface area (Å²) in [6, 6.07) is 9.19. The zero-order valence-corrected chi connectivity index (χ0v) is 12.5. The van der Waals surface area contributed by atoms with Crippen LogP contribution in [-0.4, -0.2) is 16.2 Å². The van der Waals surface area contributed by atoms with Crippen LogP contribution in [0.4, 0.5) is 5.69 Å². The Labute approximate surface area is 134 Å². The Morgan fingerprint density at radius 1 is 1.14 bits per heavy atom. The van der Waals surface area contributed by atoms with Gasteiger partial charge in [0.05, 0.1) is 15.6 Å². The van der Waals surface area contributed by atoms with Crippen LogP contribution in [0.15, 0.2) is 36.4 Å². The van der Waals surface area contributed by atoms with E-state index >= 15 is 0 Å². The molecule has 1 N–H and O–H groups in total. The first-order valence-corrected chi connectivity index (χ1v) is 6.97. The summed E-state index contributed by atoms with van der Waals surface area (Å²) in [5.41, 5.74) is 1.88. The molecule has 0 spiro atoms. The molecule has 0 aliphatic rings. The van der Waals surface area contributed by atoms with Crippen molar-refractivity contribution >= 4 is 46.1 Å². The Morgan fingerprint density at radius 3 is 2.59 bits per heavy atom. The maximum atomic E-state index is 11.5. The summed E-state index contributed by atoms with van der Waals surface area (Å²) < 4.78 is 0. The minimum absolute atomic E-state index is 0.0849. The lowest BCUT2D eigenvalue weighted by Gasteiger charge is -2.03. The molecular weight excluding hydrogens is 327 g/mol. The van der Waals surface area contributed by atoms with Gasteiger partial charge in [-0.15, -0.1) is 0 Å². The highest BCUT2D eigenvalue weighted by Crippen LogP contribution is 2.36. The molecule has 0 aliphatic heterocycles. The van der Waals surface area contributed by atoms with Crippen LogP contribution in [0.25, 0.3) is 22.2 Å². The second-order valence-corrected chi connectivity index (χ2v) is 5.49. The first-order chi connectivity index (χ1) is 10.5. The van der Waals surface area contributed by atoms with Crippen LogP contribution in [0.2, 0.25) is 10.0 Å². The number of fused-ring (bicyclic) bond motifs is 1. The Bertz CT molecular complexity index is 919. The number of hydrogen-bond acceptors (Lipinski definition) is 3. The number of aldehydes is 1. The summed E-state index contributed by atoms with van der Waals surface area (Å²) >= 11 is 12.1. The molecule has 3 aromatic rings. The number of rotatable bonds is 3. The van der Waals surface area contributed by atoms with Crippen molar-refractivity contribution in [1.82, 2.24) is 4.98 Å². The number of nitrogens with zero attached hydrogens (tertiary/aromatic N) is 1. The number of benzene rings is 2. The van der Waals surface area contributed by atoms with Gasteiger partial charge in [-0.25, -0.2) is 0 Å².